The summed E-state index contributed by atoms with van der Waals surface area (Å²) in [4.78, 5) is 12.6. The van der Waals surface area contributed by atoms with Crippen LogP contribution in [0, 0.1) is 0 Å². The fraction of sp³-hybridized carbons (Fsp3) is 0.381. The molecule has 1 aliphatic carbocycles. The van der Waals surface area contributed by atoms with Crippen LogP contribution in [0.25, 0.3) is 0 Å². The molecule has 0 saturated heterocycles. The Kier molecular flexibility index (Phi) is 4.25. The van der Waals surface area contributed by atoms with E-state index in [0.29, 0.717) is 11.8 Å². The van der Waals surface area contributed by atoms with Crippen molar-refractivity contribution >= 4 is 11.5 Å². The van der Waals surface area contributed by atoms with Crippen molar-refractivity contribution in [3.63, 3.8) is 0 Å². The van der Waals surface area contributed by atoms with Gasteiger partial charge in [0.2, 0.25) is 0 Å². The molecule has 1 atom stereocenters. The third-order valence-corrected chi connectivity index (χ3v) is 4.72. The Morgan fingerprint density at radius 3 is 2.39 bits per heavy atom. The van der Waals surface area contributed by atoms with Gasteiger partial charge in [0.15, 0.2) is 5.78 Å². The summed E-state index contributed by atoms with van der Waals surface area (Å²) in [7, 11) is 0. The molecule has 1 unspecified atom stereocenters. The van der Waals surface area contributed by atoms with Crippen LogP contribution >= 0.6 is 0 Å². The van der Waals surface area contributed by atoms with E-state index < -0.39 is 0 Å². The van der Waals surface area contributed by atoms with Crippen LogP contribution in [0.15, 0.2) is 42.5 Å². The fourth-order valence-electron chi connectivity index (χ4n) is 3.29. The predicted octanol–water partition coefficient (Wildman–Crippen LogP) is 5.15. The molecule has 0 fully saturated rings. The van der Waals surface area contributed by atoms with Crippen LogP contribution in [0.3, 0.4) is 0 Å². The minimum atomic E-state index is -0.144. The van der Waals surface area contributed by atoms with Gasteiger partial charge in [-0.3, -0.25) is 4.79 Å². The van der Waals surface area contributed by atoms with Crippen molar-refractivity contribution in [1.29, 1.82) is 0 Å². The zero-order valence-corrected chi connectivity index (χ0v) is 14.4. The second-order valence-corrected chi connectivity index (χ2v) is 7.08. The van der Waals surface area contributed by atoms with Crippen molar-refractivity contribution < 1.29 is 4.79 Å². The lowest BCUT2D eigenvalue weighted by Gasteiger charge is -2.20. The van der Waals surface area contributed by atoms with E-state index in [4.69, 9.17) is 0 Å². The summed E-state index contributed by atoms with van der Waals surface area (Å²) in [6.45, 7) is 8.83. The highest BCUT2D eigenvalue weighted by Gasteiger charge is 2.30. The van der Waals surface area contributed by atoms with Crippen molar-refractivity contribution in [1.82, 2.24) is 0 Å². The first-order valence-corrected chi connectivity index (χ1v) is 8.50. The molecule has 120 valence electrons. The fourth-order valence-corrected chi connectivity index (χ4v) is 3.29. The van der Waals surface area contributed by atoms with Crippen LogP contribution < -0.4 is 5.32 Å². The molecular weight excluding hydrogens is 282 g/mol. The molecule has 2 aromatic rings. The lowest BCUT2D eigenvalue weighted by atomic mass is 9.94. The topological polar surface area (TPSA) is 29.1 Å². The summed E-state index contributed by atoms with van der Waals surface area (Å²) in [5.41, 5.74) is 5.76. The number of fused-ring (bicyclic) bond motifs is 1. The van der Waals surface area contributed by atoms with Gasteiger partial charge in [-0.05, 0) is 34.6 Å². The van der Waals surface area contributed by atoms with Gasteiger partial charge in [0.05, 0.1) is 6.04 Å². The molecule has 0 bridgehead atoms. The van der Waals surface area contributed by atoms with Crippen LogP contribution in [0.1, 0.15) is 66.6 Å². The molecule has 0 aliphatic heterocycles. The quantitative estimate of drug-likeness (QED) is 0.846. The third-order valence-electron chi connectivity index (χ3n) is 4.72. The molecule has 2 nitrogen and oxygen atoms in total. The summed E-state index contributed by atoms with van der Waals surface area (Å²) < 4.78 is 0. The van der Waals surface area contributed by atoms with Crippen molar-refractivity contribution in [2.45, 2.75) is 52.0 Å². The number of carbonyl (C=O) groups is 1. The van der Waals surface area contributed by atoms with E-state index in [0.717, 1.165) is 23.2 Å². The number of ketones is 1. The highest BCUT2D eigenvalue weighted by molar-refractivity contribution is 6.06. The Hall–Kier alpha value is -2.09. The number of rotatable bonds is 4. The average molecular weight is 307 g/mol. The number of anilines is 1. The van der Waals surface area contributed by atoms with Crippen LogP contribution in [-0.4, -0.2) is 11.8 Å². The highest BCUT2D eigenvalue weighted by Crippen LogP contribution is 2.31. The van der Waals surface area contributed by atoms with Gasteiger partial charge < -0.3 is 5.32 Å². The maximum Gasteiger partial charge on any atom is 0.185 e. The number of hydrogen-bond acceptors (Lipinski definition) is 2. The Morgan fingerprint density at radius 1 is 1.00 bits per heavy atom. The monoisotopic (exact) mass is 307 g/mol. The van der Waals surface area contributed by atoms with Crippen LogP contribution in [0.4, 0.5) is 5.69 Å². The normalized spacial score (nSPS) is 17.0. The zero-order chi connectivity index (χ0) is 16.6. The standard InChI is InChI=1S/C21H25NO/c1-13(2)15-9-10-19(18(11-15)14(3)4)22-20-12-16-7-5-6-8-17(16)21(20)23/h5-11,13-14,20,22H,12H2,1-4H3. The Labute approximate surface area is 138 Å². The molecule has 1 aliphatic rings. The van der Waals surface area contributed by atoms with E-state index in [1.807, 2.05) is 18.2 Å². The third kappa shape index (κ3) is 3.03. The van der Waals surface area contributed by atoms with E-state index in [-0.39, 0.29) is 11.8 Å². The van der Waals surface area contributed by atoms with Crippen LogP contribution in [-0.2, 0) is 6.42 Å². The van der Waals surface area contributed by atoms with Gasteiger partial charge in [-0.2, -0.15) is 0 Å². The molecule has 0 saturated carbocycles. The van der Waals surface area contributed by atoms with E-state index in [9.17, 15) is 4.79 Å². The number of hydrogen-bond donors (Lipinski definition) is 1. The second-order valence-electron chi connectivity index (χ2n) is 7.08. The average Bonchev–Trinajstić information content (AvgIpc) is 2.84. The Morgan fingerprint density at radius 2 is 1.74 bits per heavy atom. The highest BCUT2D eigenvalue weighted by atomic mass is 16.1. The second kappa shape index (κ2) is 6.19. The van der Waals surface area contributed by atoms with Crippen LogP contribution in [0.5, 0.6) is 0 Å². The van der Waals surface area contributed by atoms with E-state index in [1.54, 1.807) is 0 Å². The molecular formula is C21H25NO. The summed E-state index contributed by atoms with van der Waals surface area (Å²) >= 11 is 0. The van der Waals surface area contributed by atoms with Crippen LogP contribution in [0.2, 0.25) is 0 Å². The van der Waals surface area contributed by atoms with Crippen molar-refractivity contribution in [2.24, 2.45) is 0 Å². The smallest absolute Gasteiger partial charge is 0.185 e. The molecule has 0 radical (unpaired) electrons. The summed E-state index contributed by atoms with van der Waals surface area (Å²) in [5.74, 6) is 1.15. The first-order chi connectivity index (χ1) is 11.0. The van der Waals surface area contributed by atoms with E-state index in [2.05, 4.69) is 57.3 Å². The number of Topliss-reactive ketones (excluding diaryl/α,β-unsaturated/α-hetero) is 1. The van der Waals surface area contributed by atoms with Gasteiger partial charge in [0, 0.05) is 17.7 Å². The molecule has 1 N–H and O–H groups in total. The molecule has 0 amide bonds. The SMILES string of the molecule is CC(C)c1ccc(NC2Cc3ccccc3C2=O)c(C(C)C)c1. The predicted molar refractivity (Wildman–Crippen MR) is 96.5 cm³/mol. The molecule has 3 rings (SSSR count). The van der Waals surface area contributed by atoms with Crippen molar-refractivity contribution in [3.05, 3.63) is 64.7 Å². The molecule has 23 heavy (non-hydrogen) atoms. The summed E-state index contributed by atoms with van der Waals surface area (Å²) in [6.07, 6.45) is 0.776. The number of nitrogens with one attached hydrogen (secondary N) is 1. The summed E-state index contributed by atoms with van der Waals surface area (Å²) in [5, 5.41) is 3.50. The van der Waals surface area contributed by atoms with Gasteiger partial charge in [0.1, 0.15) is 0 Å². The first kappa shape index (κ1) is 15.8. The van der Waals surface area contributed by atoms with Gasteiger partial charge in [-0.25, -0.2) is 0 Å². The summed E-state index contributed by atoms with van der Waals surface area (Å²) in [6, 6.07) is 14.4. The lowest BCUT2D eigenvalue weighted by molar-refractivity contribution is 0.0982. The Bertz CT molecular complexity index is 730. The van der Waals surface area contributed by atoms with E-state index >= 15 is 0 Å². The number of carbonyl (C=O) groups excluding carboxylic acids is 1. The maximum atomic E-state index is 12.6. The minimum absolute atomic E-state index is 0.144. The molecule has 0 spiro atoms. The minimum Gasteiger partial charge on any atom is -0.374 e. The van der Waals surface area contributed by atoms with Gasteiger partial charge in [0.25, 0.3) is 0 Å². The molecule has 2 aromatic carbocycles. The van der Waals surface area contributed by atoms with Gasteiger partial charge in [-0.15, -0.1) is 0 Å². The Balaban J connectivity index is 1.88. The van der Waals surface area contributed by atoms with Crippen molar-refractivity contribution in [3.8, 4) is 0 Å². The molecule has 0 aromatic heterocycles. The van der Waals surface area contributed by atoms with Gasteiger partial charge in [-0.1, -0.05) is 64.1 Å². The largest absolute Gasteiger partial charge is 0.374 e. The van der Waals surface area contributed by atoms with Crippen molar-refractivity contribution in [2.75, 3.05) is 5.32 Å². The maximum absolute atomic E-state index is 12.6. The van der Waals surface area contributed by atoms with Gasteiger partial charge >= 0.3 is 0 Å². The lowest BCUT2D eigenvalue weighted by Crippen LogP contribution is -2.26. The first-order valence-electron chi connectivity index (χ1n) is 8.50. The molecule has 0 heterocycles. The molecule has 2 heteroatoms. The number of benzene rings is 2. The van der Waals surface area contributed by atoms with E-state index in [1.165, 1.54) is 11.1 Å². The zero-order valence-electron chi connectivity index (χ0n) is 14.4.